The standard InChI is InChI=1S/C8H4Cl2N2O2S/c9-7-5-2-1-4(15(13)14)3-6(5)11-8(10)12-7/h1-3H,(H,13,14). The molecule has 0 saturated heterocycles. The fraction of sp³-hybridized carbons (Fsp3) is 0. The molecule has 0 spiro atoms. The Hall–Kier alpha value is -0.750. The maximum atomic E-state index is 10.8. The zero-order chi connectivity index (χ0) is 11.0. The molecule has 1 aromatic heterocycles. The Morgan fingerprint density at radius 2 is 2.00 bits per heavy atom. The molecule has 0 saturated carbocycles. The Morgan fingerprint density at radius 3 is 2.67 bits per heavy atom. The highest BCUT2D eigenvalue weighted by Crippen LogP contribution is 2.23. The molecule has 78 valence electrons. The summed E-state index contributed by atoms with van der Waals surface area (Å²) in [6.45, 7) is 0. The number of rotatable bonds is 1. The largest absolute Gasteiger partial charge is 0.302 e. The number of benzene rings is 1. The Kier molecular flexibility index (Phi) is 2.88. The van der Waals surface area contributed by atoms with Crippen molar-refractivity contribution in [3.63, 3.8) is 0 Å². The third-order valence-electron chi connectivity index (χ3n) is 1.80. The normalized spacial score (nSPS) is 13.0. The van der Waals surface area contributed by atoms with Gasteiger partial charge in [-0.2, -0.15) is 0 Å². The van der Waals surface area contributed by atoms with Gasteiger partial charge in [0.05, 0.1) is 10.4 Å². The number of fused-ring (bicyclic) bond motifs is 1. The Balaban J connectivity index is 2.76. The Bertz CT molecular complexity index is 562. The lowest BCUT2D eigenvalue weighted by atomic mass is 10.2. The molecule has 2 rings (SSSR count). The third kappa shape index (κ3) is 2.10. The van der Waals surface area contributed by atoms with Crippen LogP contribution in [0.3, 0.4) is 0 Å². The highest BCUT2D eigenvalue weighted by atomic mass is 35.5. The Labute approximate surface area is 97.5 Å². The first-order valence-corrected chi connectivity index (χ1v) is 5.68. The number of hydrogen-bond acceptors (Lipinski definition) is 3. The topological polar surface area (TPSA) is 63.1 Å². The lowest BCUT2D eigenvalue weighted by molar-refractivity contribution is 0.564. The van der Waals surface area contributed by atoms with E-state index in [0.717, 1.165) is 0 Å². The molecule has 0 aliphatic carbocycles. The second-order valence-electron chi connectivity index (χ2n) is 2.71. The van der Waals surface area contributed by atoms with Crippen molar-refractivity contribution in [2.45, 2.75) is 4.90 Å². The first-order valence-electron chi connectivity index (χ1n) is 3.81. The number of halogens is 2. The van der Waals surface area contributed by atoms with Gasteiger partial charge >= 0.3 is 0 Å². The summed E-state index contributed by atoms with van der Waals surface area (Å²) in [6, 6.07) is 4.52. The maximum Gasteiger partial charge on any atom is 0.224 e. The van der Waals surface area contributed by atoms with Crippen LogP contribution in [0.1, 0.15) is 0 Å². The summed E-state index contributed by atoms with van der Waals surface area (Å²) < 4.78 is 19.7. The monoisotopic (exact) mass is 262 g/mol. The highest BCUT2D eigenvalue weighted by molar-refractivity contribution is 7.79. The maximum absolute atomic E-state index is 10.8. The van der Waals surface area contributed by atoms with Gasteiger partial charge in [0.15, 0.2) is 11.1 Å². The van der Waals surface area contributed by atoms with Crippen LogP contribution in [0.25, 0.3) is 10.9 Å². The van der Waals surface area contributed by atoms with Crippen molar-refractivity contribution in [3.8, 4) is 0 Å². The number of nitrogens with zero attached hydrogens (tertiary/aromatic N) is 2. The molecule has 4 nitrogen and oxygen atoms in total. The molecule has 2 aromatic rings. The fourth-order valence-corrected chi connectivity index (χ4v) is 2.01. The molecule has 0 amide bonds. The Morgan fingerprint density at radius 1 is 1.27 bits per heavy atom. The average Bonchev–Trinajstić information content (AvgIpc) is 2.16. The number of hydrogen-bond donors (Lipinski definition) is 1. The molecule has 7 heteroatoms. The van der Waals surface area contributed by atoms with E-state index in [4.69, 9.17) is 27.8 Å². The van der Waals surface area contributed by atoms with E-state index in [1.165, 1.54) is 12.1 Å². The van der Waals surface area contributed by atoms with Crippen molar-refractivity contribution in [3.05, 3.63) is 28.6 Å². The van der Waals surface area contributed by atoms with Crippen LogP contribution in [0.5, 0.6) is 0 Å². The van der Waals surface area contributed by atoms with Crippen molar-refractivity contribution in [2.75, 3.05) is 0 Å². The summed E-state index contributed by atoms with van der Waals surface area (Å²) in [5.41, 5.74) is 0.444. The van der Waals surface area contributed by atoms with E-state index in [-0.39, 0.29) is 15.3 Å². The molecule has 0 aliphatic rings. The zero-order valence-corrected chi connectivity index (χ0v) is 9.47. The van der Waals surface area contributed by atoms with Crippen molar-refractivity contribution in [1.29, 1.82) is 0 Å². The van der Waals surface area contributed by atoms with Crippen LogP contribution in [0.4, 0.5) is 0 Å². The van der Waals surface area contributed by atoms with Gasteiger partial charge in [0.1, 0.15) is 5.15 Å². The lowest BCUT2D eigenvalue weighted by Gasteiger charge is -2.01. The molecule has 0 fully saturated rings. The second-order valence-corrected chi connectivity index (χ2v) is 4.38. The van der Waals surface area contributed by atoms with Crippen molar-refractivity contribution in [1.82, 2.24) is 9.97 Å². The molecule has 0 radical (unpaired) electrons. The molecular formula is C8H4Cl2N2O2S. The smallest absolute Gasteiger partial charge is 0.224 e. The van der Waals surface area contributed by atoms with Gasteiger partial charge < -0.3 is 4.55 Å². The minimum absolute atomic E-state index is 0.00775. The van der Waals surface area contributed by atoms with Gasteiger partial charge in [-0.3, -0.25) is 0 Å². The predicted octanol–water partition coefficient (Wildman–Crippen LogP) is 2.52. The van der Waals surface area contributed by atoms with Crippen LogP contribution >= 0.6 is 23.2 Å². The van der Waals surface area contributed by atoms with E-state index in [2.05, 4.69) is 9.97 Å². The van der Waals surface area contributed by atoms with Crippen LogP contribution < -0.4 is 0 Å². The molecule has 0 aliphatic heterocycles. The van der Waals surface area contributed by atoms with Gasteiger partial charge in [-0.15, -0.1) is 0 Å². The number of aromatic nitrogens is 2. The predicted molar refractivity (Wildman–Crippen MR) is 58.6 cm³/mol. The van der Waals surface area contributed by atoms with E-state index in [9.17, 15) is 4.21 Å². The van der Waals surface area contributed by atoms with Crippen LogP contribution in [0.15, 0.2) is 23.1 Å². The molecule has 1 heterocycles. The van der Waals surface area contributed by atoms with Crippen LogP contribution in [0.2, 0.25) is 10.4 Å². The van der Waals surface area contributed by atoms with Crippen molar-refractivity contribution >= 4 is 45.2 Å². The van der Waals surface area contributed by atoms with Gasteiger partial charge in [0.25, 0.3) is 0 Å². The summed E-state index contributed by atoms with van der Waals surface area (Å²) in [5.74, 6) is 0. The molecular weight excluding hydrogens is 259 g/mol. The lowest BCUT2D eigenvalue weighted by Crippen LogP contribution is -1.91. The average molecular weight is 263 g/mol. The summed E-state index contributed by atoms with van der Waals surface area (Å²) in [7, 11) is 0. The highest BCUT2D eigenvalue weighted by Gasteiger charge is 2.07. The fourth-order valence-electron chi connectivity index (χ4n) is 1.15. The van der Waals surface area contributed by atoms with E-state index >= 15 is 0 Å². The van der Waals surface area contributed by atoms with Gasteiger partial charge in [0, 0.05) is 5.39 Å². The van der Waals surface area contributed by atoms with Crippen LogP contribution in [-0.2, 0) is 11.1 Å². The van der Waals surface area contributed by atoms with Crippen molar-refractivity contribution in [2.24, 2.45) is 0 Å². The summed E-state index contributed by atoms with van der Waals surface area (Å²) in [4.78, 5) is 7.91. The third-order valence-corrected chi connectivity index (χ3v) is 2.91. The van der Waals surface area contributed by atoms with Gasteiger partial charge in [-0.1, -0.05) is 11.6 Å². The SMILES string of the molecule is O=S(O)c1ccc2c(Cl)nc(Cl)nc2c1. The van der Waals surface area contributed by atoms with Gasteiger partial charge in [-0.05, 0) is 29.8 Å². The molecule has 0 bridgehead atoms. The summed E-state index contributed by atoms with van der Waals surface area (Å²) >= 11 is 9.39. The quantitative estimate of drug-likeness (QED) is 0.487. The van der Waals surface area contributed by atoms with Crippen LogP contribution in [-0.4, -0.2) is 18.7 Å². The van der Waals surface area contributed by atoms with E-state index in [1.807, 2.05) is 0 Å². The molecule has 1 atom stereocenters. The van der Waals surface area contributed by atoms with E-state index in [0.29, 0.717) is 10.9 Å². The molecule has 1 N–H and O–H groups in total. The molecule has 1 unspecified atom stereocenters. The van der Waals surface area contributed by atoms with Crippen LogP contribution in [0, 0.1) is 0 Å². The first kappa shape index (κ1) is 10.8. The van der Waals surface area contributed by atoms with Gasteiger partial charge in [-0.25, -0.2) is 14.2 Å². The van der Waals surface area contributed by atoms with Gasteiger partial charge in [0.2, 0.25) is 5.28 Å². The summed E-state index contributed by atoms with van der Waals surface area (Å²) in [5, 5.41) is 0.823. The molecule has 1 aromatic carbocycles. The van der Waals surface area contributed by atoms with Crippen molar-refractivity contribution < 1.29 is 8.76 Å². The van der Waals surface area contributed by atoms with E-state index < -0.39 is 11.1 Å². The minimum atomic E-state index is -2.04. The zero-order valence-electron chi connectivity index (χ0n) is 7.15. The second kappa shape index (κ2) is 4.02. The first-order chi connectivity index (χ1) is 7.08. The minimum Gasteiger partial charge on any atom is -0.302 e. The summed E-state index contributed by atoms with van der Waals surface area (Å²) in [6.07, 6.45) is 0. The van der Waals surface area contributed by atoms with E-state index in [1.54, 1.807) is 6.07 Å². The molecule has 15 heavy (non-hydrogen) atoms.